The highest BCUT2D eigenvalue weighted by molar-refractivity contribution is 5.95. The summed E-state index contributed by atoms with van der Waals surface area (Å²) >= 11 is 0. The summed E-state index contributed by atoms with van der Waals surface area (Å²) in [5, 5.41) is 2.92. The van der Waals surface area contributed by atoms with Crippen molar-refractivity contribution in [2.24, 2.45) is 0 Å². The van der Waals surface area contributed by atoms with Gasteiger partial charge in [-0.05, 0) is 46.1 Å². The molecular formula is C15H20N2O3. The highest BCUT2D eigenvalue weighted by Crippen LogP contribution is 2.18. The van der Waals surface area contributed by atoms with E-state index in [4.69, 9.17) is 8.83 Å². The number of carbonyl (C=O) groups is 1. The molecule has 20 heavy (non-hydrogen) atoms. The first kappa shape index (κ1) is 14.4. The molecule has 2 aromatic heterocycles. The number of carbonyl (C=O) groups excluding carboxylic acids is 1. The zero-order valence-electron chi connectivity index (χ0n) is 12.3. The molecule has 0 aliphatic rings. The molecule has 1 atom stereocenters. The van der Waals surface area contributed by atoms with E-state index in [0.717, 1.165) is 11.5 Å². The van der Waals surface area contributed by atoms with Crippen molar-refractivity contribution in [2.45, 2.75) is 19.9 Å². The number of nitrogens with zero attached hydrogens (tertiary/aromatic N) is 1. The smallest absolute Gasteiger partial charge is 0.254 e. The second-order valence-electron chi connectivity index (χ2n) is 5.03. The Morgan fingerprint density at radius 3 is 2.65 bits per heavy atom. The molecular weight excluding hydrogens is 256 g/mol. The number of likely N-dealkylation sites (N-methyl/N-ethyl adjacent to an activating group) is 1. The molecule has 5 heteroatoms. The van der Waals surface area contributed by atoms with Gasteiger partial charge in [0.2, 0.25) is 0 Å². The van der Waals surface area contributed by atoms with Gasteiger partial charge in [0.05, 0.1) is 17.9 Å². The fourth-order valence-electron chi connectivity index (χ4n) is 2.16. The van der Waals surface area contributed by atoms with E-state index >= 15 is 0 Å². The number of aryl methyl sites for hydroxylation is 2. The van der Waals surface area contributed by atoms with E-state index in [2.05, 4.69) is 5.32 Å². The Morgan fingerprint density at radius 1 is 1.40 bits per heavy atom. The van der Waals surface area contributed by atoms with Crippen LogP contribution in [0.4, 0.5) is 0 Å². The van der Waals surface area contributed by atoms with Gasteiger partial charge in [0, 0.05) is 6.54 Å². The fraction of sp³-hybridized carbons (Fsp3) is 0.400. The maximum Gasteiger partial charge on any atom is 0.254 e. The molecule has 108 valence electrons. The van der Waals surface area contributed by atoms with Crippen LogP contribution in [0.1, 0.15) is 33.7 Å². The number of hydrogen-bond acceptors (Lipinski definition) is 4. The Balaban J connectivity index is 2.03. The van der Waals surface area contributed by atoms with Gasteiger partial charge < -0.3 is 14.2 Å². The number of furan rings is 2. The first-order valence-electron chi connectivity index (χ1n) is 6.54. The summed E-state index contributed by atoms with van der Waals surface area (Å²) in [5.41, 5.74) is 0.583. The van der Waals surface area contributed by atoms with Crippen LogP contribution in [0.5, 0.6) is 0 Å². The van der Waals surface area contributed by atoms with Crippen LogP contribution in [0, 0.1) is 13.8 Å². The molecule has 0 radical (unpaired) electrons. The molecule has 5 nitrogen and oxygen atoms in total. The summed E-state index contributed by atoms with van der Waals surface area (Å²) < 4.78 is 10.8. The van der Waals surface area contributed by atoms with Gasteiger partial charge in [-0.3, -0.25) is 9.69 Å². The highest BCUT2D eigenvalue weighted by Gasteiger charge is 2.19. The van der Waals surface area contributed by atoms with Gasteiger partial charge in [-0.1, -0.05) is 0 Å². The molecule has 0 saturated carbocycles. The van der Waals surface area contributed by atoms with Gasteiger partial charge in [0.1, 0.15) is 17.3 Å². The van der Waals surface area contributed by atoms with Crippen LogP contribution >= 0.6 is 0 Å². The second-order valence-corrected chi connectivity index (χ2v) is 5.03. The van der Waals surface area contributed by atoms with E-state index < -0.39 is 0 Å². The SMILES string of the molecule is Cc1cc(C(=O)NC[C@H](c2ccco2)N(C)C)c(C)o1. The molecule has 0 fully saturated rings. The zero-order valence-corrected chi connectivity index (χ0v) is 12.3. The normalized spacial score (nSPS) is 12.7. The van der Waals surface area contributed by atoms with Gasteiger partial charge in [-0.15, -0.1) is 0 Å². The van der Waals surface area contributed by atoms with Crippen LogP contribution < -0.4 is 5.32 Å². The number of amides is 1. The molecule has 1 N–H and O–H groups in total. The average Bonchev–Trinajstić information content (AvgIpc) is 2.99. The third-order valence-electron chi connectivity index (χ3n) is 3.24. The van der Waals surface area contributed by atoms with Gasteiger partial charge in [0.25, 0.3) is 5.91 Å². The number of hydrogen-bond donors (Lipinski definition) is 1. The largest absolute Gasteiger partial charge is 0.468 e. The van der Waals surface area contributed by atoms with E-state index in [9.17, 15) is 4.79 Å². The van der Waals surface area contributed by atoms with Gasteiger partial charge in [0.15, 0.2) is 0 Å². The van der Waals surface area contributed by atoms with Gasteiger partial charge >= 0.3 is 0 Å². The molecule has 0 spiro atoms. The summed E-state index contributed by atoms with van der Waals surface area (Å²) in [6.45, 7) is 4.09. The Bertz CT molecular complexity index is 570. The quantitative estimate of drug-likeness (QED) is 0.911. The summed E-state index contributed by atoms with van der Waals surface area (Å²) in [5.74, 6) is 2.08. The predicted octanol–water partition coefficient (Wildman–Crippen LogP) is 2.52. The lowest BCUT2D eigenvalue weighted by Crippen LogP contribution is -2.34. The molecule has 0 aromatic carbocycles. The monoisotopic (exact) mass is 276 g/mol. The molecule has 2 heterocycles. The molecule has 0 bridgehead atoms. The molecule has 2 rings (SSSR count). The lowest BCUT2D eigenvalue weighted by molar-refractivity contribution is 0.0937. The molecule has 1 amide bonds. The predicted molar refractivity (Wildman–Crippen MR) is 75.7 cm³/mol. The van der Waals surface area contributed by atoms with E-state index in [-0.39, 0.29) is 11.9 Å². The molecule has 0 aliphatic carbocycles. The van der Waals surface area contributed by atoms with Crippen molar-refractivity contribution in [3.63, 3.8) is 0 Å². The van der Waals surface area contributed by atoms with E-state index in [0.29, 0.717) is 17.9 Å². The first-order chi connectivity index (χ1) is 9.49. The first-order valence-corrected chi connectivity index (χ1v) is 6.54. The number of nitrogens with one attached hydrogen (secondary N) is 1. The Morgan fingerprint density at radius 2 is 2.15 bits per heavy atom. The third kappa shape index (κ3) is 3.11. The van der Waals surface area contributed by atoms with Crippen LogP contribution in [-0.4, -0.2) is 31.4 Å². The highest BCUT2D eigenvalue weighted by atomic mass is 16.3. The molecule has 0 aliphatic heterocycles. The zero-order chi connectivity index (χ0) is 14.7. The minimum atomic E-state index is -0.127. The summed E-state index contributed by atoms with van der Waals surface area (Å²) in [4.78, 5) is 14.2. The molecule has 0 unspecified atom stereocenters. The Hall–Kier alpha value is -2.01. The van der Waals surface area contributed by atoms with Crippen LogP contribution in [0.3, 0.4) is 0 Å². The van der Waals surface area contributed by atoms with Crippen molar-refractivity contribution in [1.29, 1.82) is 0 Å². The van der Waals surface area contributed by atoms with Crippen molar-refractivity contribution in [3.8, 4) is 0 Å². The summed E-state index contributed by atoms with van der Waals surface area (Å²) in [6.07, 6.45) is 1.64. The topological polar surface area (TPSA) is 58.6 Å². The van der Waals surface area contributed by atoms with Crippen molar-refractivity contribution in [1.82, 2.24) is 10.2 Å². The molecule has 0 saturated heterocycles. The van der Waals surface area contributed by atoms with E-state index in [1.165, 1.54) is 0 Å². The average molecular weight is 276 g/mol. The van der Waals surface area contributed by atoms with Crippen molar-refractivity contribution in [3.05, 3.63) is 47.3 Å². The van der Waals surface area contributed by atoms with Crippen LogP contribution in [0.25, 0.3) is 0 Å². The minimum Gasteiger partial charge on any atom is -0.468 e. The summed E-state index contributed by atoms with van der Waals surface area (Å²) in [6, 6.07) is 5.51. The fourth-order valence-corrected chi connectivity index (χ4v) is 2.16. The Labute approximate surface area is 118 Å². The summed E-state index contributed by atoms with van der Waals surface area (Å²) in [7, 11) is 3.90. The Kier molecular flexibility index (Phi) is 4.29. The third-order valence-corrected chi connectivity index (χ3v) is 3.24. The van der Waals surface area contributed by atoms with Crippen molar-refractivity contribution < 1.29 is 13.6 Å². The second kappa shape index (κ2) is 5.96. The standard InChI is InChI=1S/C15H20N2O3/c1-10-8-12(11(2)20-10)15(18)16-9-13(17(3)4)14-6-5-7-19-14/h5-8,13H,9H2,1-4H3,(H,16,18)/t13-/m1/s1. The van der Waals surface area contributed by atoms with Crippen LogP contribution in [0.2, 0.25) is 0 Å². The van der Waals surface area contributed by atoms with Gasteiger partial charge in [-0.2, -0.15) is 0 Å². The molecule has 2 aromatic rings. The number of rotatable bonds is 5. The van der Waals surface area contributed by atoms with Crippen molar-refractivity contribution >= 4 is 5.91 Å². The maximum atomic E-state index is 12.2. The maximum absolute atomic E-state index is 12.2. The lowest BCUT2D eigenvalue weighted by atomic mass is 10.2. The van der Waals surface area contributed by atoms with Crippen LogP contribution in [-0.2, 0) is 0 Å². The minimum absolute atomic E-state index is 0.00209. The lowest BCUT2D eigenvalue weighted by Gasteiger charge is -2.22. The van der Waals surface area contributed by atoms with Crippen molar-refractivity contribution in [2.75, 3.05) is 20.6 Å². The van der Waals surface area contributed by atoms with E-state index in [1.54, 1.807) is 19.3 Å². The van der Waals surface area contributed by atoms with Gasteiger partial charge in [-0.25, -0.2) is 0 Å². The van der Waals surface area contributed by atoms with Crippen LogP contribution in [0.15, 0.2) is 33.3 Å². The van der Waals surface area contributed by atoms with E-state index in [1.807, 2.05) is 38.1 Å².